The molecule has 1 aromatic heterocycles. The molecule has 1 aliphatic rings. The van der Waals surface area contributed by atoms with E-state index in [2.05, 4.69) is 28.1 Å². The van der Waals surface area contributed by atoms with E-state index in [1.807, 2.05) is 67.6 Å². The summed E-state index contributed by atoms with van der Waals surface area (Å²) in [6, 6.07) is 28.8. The van der Waals surface area contributed by atoms with Gasteiger partial charge in [-0.05, 0) is 70.4 Å². The Morgan fingerprint density at radius 3 is 2.49 bits per heavy atom. The van der Waals surface area contributed by atoms with Crippen molar-refractivity contribution in [1.29, 1.82) is 0 Å². The number of aryl methyl sites for hydroxylation is 1. The summed E-state index contributed by atoms with van der Waals surface area (Å²) in [5, 5.41) is 7.95. The molecule has 2 heterocycles. The van der Waals surface area contributed by atoms with Gasteiger partial charge >= 0.3 is 0 Å². The quantitative estimate of drug-likeness (QED) is 0.208. The summed E-state index contributed by atoms with van der Waals surface area (Å²) < 4.78 is 15.0. The lowest BCUT2D eigenvalue weighted by Crippen LogP contribution is -2.27. The van der Waals surface area contributed by atoms with Gasteiger partial charge in [-0.3, -0.25) is 9.78 Å². The number of hydrogen-bond acceptors (Lipinski definition) is 3. The summed E-state index contributed by atoms with van der Waals surface area (Å²) in [6.45, 7) is 1.94. The van der Waals surface area contributed by atoms with Gasteiger partial charge in [-0.15, -0.1) is 0 Å². The molecule has 4 nitrogen and oxygen atoms in total. The number of hydrogen-bond donors (Lipinski definition) is 0. The first-order valence-corrected chi connectivity index (χ1v) is 13.6. The maximum absolute atomic E-state index is 14.3. The van der Waals surface area contributed by atoms with Crippen LogP contribution >= 0.6 is 27.5 Å². The summed E-state index contributed by atoms with van der Waals surface area (Å²) in [5.41, 5.74) is 6.26. The van der Waals surface area contributed by atoms with Crippen LogP contribution in [-0.4, -0.2) is 21.6 Å². The van der Waals surface area contributed by atoms with Crippen molar-refractivity contribution in [2.24, 2.45) is 5.10 Å². The number of pyridine rings is 1. The maximum Gasteiger partial charge on any atom is 0.275 e. The molecular weight excluding hydrogens is 577 g/mol. The van der Waals surface area contributed by atoms with Crippen molar-refractivity contribution in [2.75, 3.05) is 0 Å². The fourth-order valence-electron chi connectivity index (χ4n) is 5.20. The fourth-order valence-corrected chi connectivity index (χ4v) is 5.82. The van der Waals surface area contributed by atoms with E-state index in [1.165, 1.54) is 17.1 Å². The number of aromatic nitrogens is 1. The molecule has 0 radical (unpaired) electrons. The number of carbonyl (C=O) groups excluding carboxylic acids is 1. The van der Waals surface area contributed by atoms with Crippen LogP contribution in [-0.2, 0) is 0 Å². The van der Waals surface area contributed by atoms with Crippen molar-refractivity contribution in [3.8, 4) is 11.1 Å². The second-order valence-corrected chi connectivity index (χ2v) is 10.7. The van der Waals surface area contributed by atoms with Gasteiger partial charge in [-0.2, -0.15) is 5.10 Å². The van der Waals surface area contributed by atoms with E-state index in [1.54, 1.807) is 12.1 Å². The molecule has 0 unspecified atom stereocenters. The Morgan fingerprint density at radius 2 is 1.72 bits per heavy atom. The van der Waals surface area contributed by atoms with Crippen LogP contribution in [0.25, 0.3) is 22.0 Å². The second kappa shape index (κ2) is 10.4. The topological polar surface area (TPSA) is 45.6 Å². The molecule has 6 rings (SSSR count). The highest BCUT2D eigenvalue weighted by molar-refractivity contribution is 9.10. The van der Waals surface area contributed by atoms with Crippen molar-refractivity contribution in [1.82, 2.24) is 9.99 Å². The number of hydrazone groups is 1. The third-order valence-corrected chi connectivity index (χ3v) is 7.86. The lowest BCUT2D eigenvalue weighted by atomic mass is 9.89. The number of fused-ring (bicyclic) bond motifs is 1. The molecule has 5 aromatic rings. The van der Waals surface area contributed by atoms with Crippen LogP contribution in [0, 0.1) is 12.7 Å². The summed E-state index contributed by atoms with van der Waals surface area (Å²) >= 11 is 9.82. The van der Waals surface area contributed by atoms with Gasteiger partial charge in [-0.25, -0.2) is 9.40 Å². The first-order valence-electron chi connectivity index (χ1n) is 12.5. The third kappa shape index (κ3) is 4.75. The minimum Gasteiger partial charge on any atom is -0.267 e. The lowest BCUT2D eigenvalue weighted by molar-refractivity contribution is 0.0710. The first kappa shape index (κ1) is 25.4. The van der Waals surface area contributed by atoms with Crippen LogP contribution in [0.5, 0.6) is 0 Å². The molecule has 192 valence electrons. The van der Waals surface area contributed by atoms with Gasteiger partial charge in [0.05, 0.1) is 22.8 Å². The number of nitrogens with zero attached hydrogens (tertiary/aromatic N) is 3. The summed E-state index contributed by atoms with van der Waals surface area (Å²) in [6.07, 6.45) is 0.404. The summed E-state index contributed by atoms with van der Waals surface area (Å²) in [7, 11) is 0. The number of carbonyl (C=O) groups is 1. The first-order chi connectivity index (χ1) is 18.9. The van der Waals surface area contributed by atoms with Crippen molar-refractivity contribution in [3.63, 3.8) is 0 Å². The van der Waals surface area contributed by atoms with Crippen LogP contribution in [0.1, 0.15) is 39.6 Å². The molecule has 0 fully saturated rings. The van der Waals surface area contributed by atoms with Gasteiger partial charge in [0.25, 0.3) is 5.91 Å². The molecular formula is C32H22BrClFN3O. The summed E-state index contributed by atoms with van der Waals surface area (Å²) in [4.78, 5) is 18.8. The normalized spacial score (nSPS) is 15.0. The fraction of sp³-hybridized carbons (Fsp3) is 0.0938. The maximum atomic E-state index is 14.3. The monoisotopic (exact) mass is 597 g/mol. The van der Waals surface area contributed by atoms with Gasteiger partial charge < -0.3 is 0 Å². The Bertz CT molecular complexity index is 1770. The van der Waals surface area contributed by atoms with Crippen molar-refractivity contribution in [2.45, 2.75) is 19.4 Å². The van der Waals surface area contributed by atoms with Gasteiger partial charge in [0.2, 0.25) is 0 Å². The number of halogens is 3. The zero-order valence-electron chi connectivity index (χ0n) is 20.9. The number of rotatable bonds is 4. The van der Waals surface area contributed by atoms with Crippen LogP contribution in [0.15, 0.2) is 107 Å². The van der Waals surface area contributed by atoms with Crippen LogP contribution in [0.3, 0.4) is 0 Å². The Hall–Kier alpha value is -3.87. The lowest BCUT2D eigenvalue weighted by Gasteiger charge is -2.22. The van der Waals surface area contributed by atoms with Gasteiger partial charge in [0.1, 0.15) is 5.82 Å². The zero-order chi connectivity index (χ0) is 27.1. The van der Waals surface area contributed by atoms with Crippen molar-refractivity contribution < 1.29 is 9.18 Å². The number of amides is 1. The predicted octanol–water partition coefficient (Wildman–Crippen LogP) is 8.76. The Labute approximate surface area is 238 Å². The van der Waals surface area contributed by atoms with E-state index in [9.17, 15) is 9.18 Å². The standard InChI is InChI=1S/C32H22BrClFN3O/c1-19-30(31(20-8-3-2-4-9-20)25-15-14-22(34)17-27(25)36-19)28-18-29(21-10-7-11-23(35)16-21)38(37-28)32(39)24-12-5-6-13-26(24)33/h2-17,29H,18H2,1H3/t29-/m1/s1. The molecule has 0 saturated carbocycles. The molecule has 0 saturated heterocycles. The molecule has 0 spiro atoms. The SMILES string of the molecule is Cc1nc2cc(Cl)ccc2c(-c2ccccc2)c1C1=NN(C(=O)c2ccccc2Br)[C@@H](c2cccc(F)c2)C1. The molecule has 39 heavy (non-hydrogen) atoms. The van der Waals surface area contributed by atoms with E-state index in [-0.39, 0.29) is 11.7 Å². The molecule has 0 N–H and O–H groups in total. The average Bonchev–Trinajstić information content (AvgIpc) is 3.37. The third-order valence-electron chi connectivity index (χ3n) is 6.94. The molecule has 7 heteroatoms. The molecule has 0 aliphatic carbocycles. The van der Waals surface area contributed by atoms with Crippen LogP contribution < -0.4 is 0 Å². The van der Waals surface area contributed by atoms with E-state index in [4.69, 9.17) is 21.7 Å². The Balaban J connectivity index is 1.57. The largest absolute Gasteiger partial charge is 0.275 e. The average molecular weight is 599 g/mol. The van der Waals surface area contributed by atoms with Crippen LogP contribution in [0.2, 0.25) is 5.02 Å². The summed E-state index contributed by atoms with van der Waals surface area (Å²) in [5.74, 6) is -0.633. The highest BCUT2D eigenvalue weighted by atomic mass is 79.9. The van der Waals surface area contributed by atoms with Gasteiger partial charge in [-0.1, -0.05) is 72.3 Å². The molecule has 1 aliphatic heterocycles. The minimum absolute atomic E-state index is 0.272. The number of benzene rings is 4. The predicted molar refractivity (Wildman–Crippen MR) is 158 cm³/mol. The van der Waals surface area contributed by atoms with E-state index in [0.717, 1.165) is 33.3 Å². The van der Waals surface area contributed by atoms with E-state index < -0.39 is 6.04 Å². The van der Waals surface area contributed by atoms with E-state index in [0.29, 0.717) is 32.8 Å². The van der Waals surface area contributed by atoms with Crippen molar-refractivity contribution >= 4 is 50.1 Å². The van der Waals surface area contributed by atoms with Crippen LogP contribution in [0.4, 0.5) is 4.39 Å². The van der Waals surface area contributed by atoms with Gasteiger partial charge in [0, 0.05) is 38.1 Å². The molecule has 4 aromatic carbocycles. The highest BCUT2D eigenvalue weighted by Crippen LogP contribution is 2.40. The molecule has 1 amide bonds. The zero-order valence-corrected chi connectivity index (χ0v) is 23.2. The Morgan fingerprint density at radius 1 is 0.949 bits per heavy atom. The molecule has 0 bridgehead atoms. The smallest absolute Gasteiger partial charge is 0.267 e. The second-order valence-electron chi connectivity index (χ2n) is 9.43. The minimum atomic E-state index is -0.487. The molecule has 1 atom stereocenters. The highest BCUT2D eigenvalue weighted by Gasteiger charge is 2.36. The van der Waals surface area contributed by atoms with Gasteiger partial charge in [0.15, 0.2) is 0 Å². The Kier molecular flexibility index (Phi) is 6.75. The van der Waals surface area contributed by atoms with E-state index >= 15 is 0 Å². The van der Waals surface area contributed by atoms with Crippen molar-refractivity contribution in [3.05, 3.63) is 135 Å².